The first-order chi connectivity index (χ1) is 8.01. The van der Waals surface area contributed by atoms with Crippen LogP contribution in [0, 0.1) is 6.92 Å². The van der Waals surface area contributed by atoms with Crippen molar-refractivity contribution in [3.05, 3.63) is 21.9 Å². The fraction of sp³-hybridized carbons (Fsp3) is 0.714. The second-order valence-electron chi connectivity index (χ2n) is 5.46. The van der Waals surface area contributed by atoms with Gasteiger partial charge in [-0.25, -0.2) is 0 Å². The van der Waals surface area contributed by atoms with Crippen molar-refractivity contribution in [1.82, 2.24) is 4.90 Å². The van der Waals surface area contributed by atoms with Crippen molar-refractivity contribution < 1.29 is 5.11 Å². The highest BCUT2D eigenvalue weighted by molar-refractivity contribution is 7.10. The Hall–Kier alpha value is -0.380. The predicted octanol–water partition coefficient (Wildman–Crippen LogP) is 3.14. The van der Waals surface area contributed by atoms with E-state index in [0.29, 0.717) is 6.04 Å². The van der Waals surface area contributed by atoms with E-state index in [-0.39, 0.29) is 0 Å². The molecule has 0 aromatic carbocycles. The van der Waals surface area contributed by atoms with Crippen LogP contribution in [-0.4, -0.2) is 29.1 Å². The molecule has 1 atom stereocenters. The van der Waals surface area contributed by atoms with Crippen molar-refractivity contribution in [3.63, 3.8) is 0 Å². The zero-order chi connectivity index (χ0) is 12.5. The van der Waals surface area contributed by atoms with E-state index in [1.807, 2.05) is 0 Å². The molecule has 1 aliphatic heterocycles. The Kier molecular flexibility index (Phi) is 3.91. The van der Waals surface area contributed by atoms with E-state index >= 15 is 0 Å². The van der Waals surface area contributed by atoms with Crippen LogP contribution in [-0.2, 0) is 5.60 Å². The van der Waals surface area contributed by atoms with E-state index in [1.54, 1.807) is 11.3 Å². The van der Waals surface area contributed by atoms with Gasteiger partial charge in [-0.2, -0.15) is 0 Å². The normalized spacial score (nSPS) is 27.4. The SMILES string of the molecule is Cc1cc(C2(O)CCCN(C(C)C)CC2)cs1. The zero-order valence-electron chi connectivity index (χ0n) is 11.1. The van der Waals surface area contributed by atoms with E-state index < -0.39 is 5.60 Å². The summed E-state index contributed by atoms with van der Waals surface area (Å²) in [6, 6.07) is 2.73. The summed E-state index contributed by atoms with van der Waals surface area (Å²) < 4.78 is 0. The monoisotopic (exact) mass is 253 g/mol. The van der Waals surface area contributed by atoms with Crippen LogP contribution in [0.15, 0.2) is 11.4 Å². The number of hydrogen-bond acceptors (Lipinski definition) is 3. The summed E-state index contributed by atoms with van der Waals surface area (Å²) in [5, 5.41) is 12.9. The van der Waals surface area contributed by atoms with Gasteiger partial charge in [-0.3, -0.25) is 0 Å². The molecule has 17 heavy (non-hydrogen) atoms. The summed E-state index contributed by atoms with van der Waals surface area (Å²) in [5.74, 6) is 0. The summed E-state index contributed by atoms with van der Waals surface area (Å²) in [6.07, 6.45) is 2.84. The largest absolute Gasteiger partial charge is 0.385 e. The third-order valence-corrected chi connectivity index (χ3v) is 4.71. The van der Waals surface area contributed by atoms with Crippen molar-refractivity contribution in [2.75, 3.05) is 13.1 Å². The van der Waals surface area contributed by atoms with Crippen LogP contribution in [0.3, 0.4) is 0 Å². The topological polar surface area (TPSA) is 23.5 Å². The Bertz CT molecular complexity index is 374. The van der Waals surface area contributed by atoms with E-state index in [1.165, 1.54) is 4.88 Å². The molecule has 3 heteroatoms. The van der Waals surface area contributed by atoms with Gasteiger partial charge in [0.2, 0.25) is 0 Å². The fourth-order valence-electron chi connectivity index (χ4n) is 2.63. The number of aliphatic hydroxyl groups is 1. The van der Waals surface area contributed by atoms with Crippen molar-refractivity contribution >= 4 is 11.3 Å². The number of thiophene rings is 1. The maximum atomic E-state index is 10.8. The Labute approximate surface area is 108 Å². The lowest BCUT2D eigenvalue weighted by Gasteiger charge is -2.27. The van der Waals surface area contributed by atoms with E-state index in [2.05, 4.69) is 37.1 Å². The maximum Gasteiger partial charge on any atom is 0.0917 e. The van der Waals surface area contributed by atoms with Gasteiger partial charge in [-0.15, -0.1) is 11.3 Å². The first-order valence-electron chi connectivity index (χ1n) is 6.53. The fourth-order valence-corrected chi connectivity index (χ4v) is 3.43. The molecule has 1 unspecified atom stereocenters. The van der Waals surface area contributed by atoms with Crippen molar-refractivity contribution in [2.45, 2.75) is 51.7 Å². The Balaban J connectivity index is 2.11. The molecule has 1 aromatic rings. The highest BCUT2D eigenvalue weighted by Gasteiger charge is 2.32. The molecule has 2 rings (SSSR count). The molecule has 1 fully saturated rings. The third kappa shape index (κ3) is 2.90. The number of rotatable bonds is 2. The number of aryl methyl sites for hydroxylation is 1. The van der Waals surface area contributed by atoms with Gasteiger partial charge in [0.1, 0.15) is 0 Å². The molecule has 1 aromatic heterocycles. The van der Waals surface area contributed by atoms with Gasteiger partial charge < -0.3 is 10.0 Å². The summed E-state index contributed by atoms with van der Waals surface area (Å²) in [6.45, 7) is 8.69. The van der Waals surface area contributed by atoms with E-state index in [9.17, 15) is 5.11 Å². The lowest BCUT2D eigenvalue weighted by Crippen LogP contribution is -2.33. The van der Waals surface area contributed by atoms with Gasteiger partial charge in [0, 0.05) is 17.5 Å². The Morgan fingerprint density at radius 1 is 1.35 bits per heavy atom. The maximum absolute atomic E-state index is 10.8. The van der Waals surface area contributed by atoms with Gasteiger partial charge in [0.05, 0.1) is 5.60 Å². The average Bonchev–Trinajstić information content (AvgIpc) is 2.59. The van der Waals surface area contributed by atoms with Crippen molar-refractivity contribution in [3.8, 4) is 0 Å². The van der Waals surface area contributed by atoms with Crippen LogP contribution < -0.4 is 0 Å². The molecule has 0 aliphatic carbocycles. The molecule has 96 valence electrons. The number of likely N-dealkylation sites (tertiary alicyclic amines) is 1. The highest BCUT2D eigenvalue weighted by Crippen LogP contribution is 2.35. The molecule has 1 N–H and O–H groups in total. The van der Waals surface area contributed by atoms with Crippen LogP contribution >= 0.6 is 11.3 Å². The molecule has 0 amide bonds. The summed E-state index contributed by atoms with van der Waals surface area (Å²) in [7, 11) is 0. The summed E-state index contributed by atoms with van der Waals surface area (Å²) >= 11 is 1.74. The molecule has 0 radical (unpaired) electrons. The average molecular weight is 253 g/mol. The van der Waals surface area contributed by atoms with Gasteiger partial charge in [0.25, 0.3) is 0 Å². The number of nitrogens with zero attached hydrogens (tertiary/aromatic N) is 1. The third-order valence-electron chi connectivity index (χ3n) is 3.85. The molecule has 2 heterocycles. The van der Waals surface area contributed by atoms with Crippen molar-refractivity contribution in [1.29, 1.82) is 0 Å². The molecule has 1 aliphatic rings. The summed E-state index contributed by atoms with van der Waals surface area (Å²) in [5.41, 5.74) is 0.541. The highest BCUT2D eigenvalue weighted by atomic mass is 32.1. The standard InChI is InChI=1S/C14H23NOS/c1-11(2)15-7-4-5-14(16,6-8-15)13-9-12(3)17-10-13/h9-11,16H,4-8H2,1-3H3. The zero-order valence-corrected chi connectivity index (χ0v) is 11.9. The van der Waals surface area contributed by atoms with Crippen molar-refractivity contribution in [2.24, 2.45) is 0 Å². The first kappa shape index (κ1) is 13.1. The second-order valence-corrected chi connectivity index (χ2v) is 6.58. The Morgan fingerprint density at radius 3 is 2.71 bits per heavy atom. The number of hydrogen-bond donors (Lipinski definition) is 1. The molecule has 0 bridgehead atoms. The van der Waals surface area contributed by atoms with E-state index in [0.717, 1.165) is 37.9 Å². The van der Waals surface area contributed by atoms with Gasteiger partial charge in [-0.05, 0) is 63.6 Å². The molecular weight excluding hydrogens is 230 g/mol. The lowest BCUT2D eigenvalue weighted by molar-refractivity contribution is 0.0208. The van der Waals surface area contributed by atoms with Crippen LogP contribution in [0.25, 0.3) is 0 Å². The predicted molar refractivity (Wildman–Crippen MR) is 73.5 cm³/mol. The first-order valence-corrected chi connectivity index (χ1v) is 7.41. The van der Waals surface area contributed by atoms with Crippen LogP contribution in [0.5, 0.6) is 0 Å². The second kappa shape index (κ2) is 5.09. The molecule has 0 saturated carbocycles. The van der Waals surface area contributed by atoms with Crippen LogP contribution in [0.4, 0.5) is 0 Å². The minimum absolute atomic E-state index is 0.585. The Morgan fingerprint density at radius 2 is 2.12 bits per heavy atom. The van der Waals surface area contributed by atoms with E-state index in [4.69, 9.17) is 0 Å². The quantitative estimate of drug-likeness (QED) is 0.875. The molecule has 2 nitrogen and oxygen atoms in total. The lowest BCUT2D eigenvalue weighted by atomic mass is 9.88. The van der Waals surface area contributed by atoms with Gasteiger partial charge >= 0.3 is 0 Å². The summed E-state index contributed by atoms with van der Waals surface area (Å²) in [4.78, 5) is 3.76. The minimum Gasteiger partial charge on any atom is -0.385 e. The molecule has 1 saturated heterocycles. The van der Waals surface area contributed by atoms with Gasteiger partial charge in [-0.1, -0.05) is 0 Å². The van der Waals surface area contributed by atoms with Crippen LogP contribution in [0.1, 0.15) is 43.6 Å². The van der Waals surface area contributed by atoms with Gasteiger partial charge in [0.15, 0.2) is 0 Å². The van der Waals surface area contributed by atoms with Crippen LogP contribution in [0.2, 0.25) is 0 Å². The molecule has 0 spiro atoms. The minimum atomic E-state index is -0.589. The smallest absolute Gasteiger partial charge is 0.0917 e. The molecular formula is C14H23NOS.